The lowest BCUT2D eigenvalue weighted by Gasteiger charge is -2.33. The number of likely N-dealkylation sites (N-methyl/N-ethyl adjacent to an activating group) is 1. The van der Waals surface area contributed by atoms with Gasteiger partial charge in [0.15, 0.2) is 0 Å². The van der Waals surface area contributed by atoms with Crippen molar-refractivity contribution in [3.05, 3.63) is 0 Å². The van der Waals surface area contributed by atoms with E-state index in [1.165, 1.54) is 9.80 Å². The molecule has 2 amide bonds. The molecule has 1 fully saturated rings. The summed E-state index contributed by atoms with van der Waals surface area (Å²) >= 11 is 1.04. The van der Waals surface area contributed by atoms with Crippen molar-refractivity contribution in [3.63, 3.8) is 0 Å². The summed E-state index contributed by atoms with van der Waals surface area (Å²) in [6, 6.07) is 0. The molecule has 0 bridgehead atoms. The van der Waals surface area contributed by atoms with E-state index in [2.05, 4.69) is 0 Å². The Balaban J connectivity index is 2.77. The Morgan fingerprint density at radius 3 is 2.71 bits per heavy atom. The molecule has 17 heavy (non-hydrogen) atoms. The van der Waals surface area contributed by atoms with Crippen molar-refractivity contribution in [2.45, 2.75) is 18.6 Å². The fourth-order valence-electron chi connectivity index (χ4n) is 1.85. The molecule has 1 aliphatic rings. The number of carbonyl (C=O) groups excluding carboxylic acids is 2. The first-order valence-corrected chi connectivity index (χ1v) is 6.50. The normalized spacial score (nSPS) is 23.9. The Bertz CT molecular complexity index is 311. The van der Waals surface area contributed by atoms with E-state index in [9.17, 15) is 14.7 Å². The van der Waals surface area contributed by atoms with Gasteiger partial charge in [-0.3, -0.25) is 14.5 Å². The molecule has 1 rings (SSSR count). The molecular formula is C10H19N3O3S. The minimum absolute atomic E-state index is 0.286. The number of aliphatic hydroxyl groups is 1. The average molecular weight is 261 g/mol. The quantitative estimate of drug-likeness (QED) is 0.726. The highest BCUT2D eigenvalue weighted by atomic mass is 32.2. The third-order valence-corrected chi connectivity index (χ3v) is 3.57. The van der Waals surface area contributed by atoms with E-state index in [1.54, 1.807) is 14.1 Å². The fraction of sp³-hybridized carbons (Fsp3) is 0.800. The summed E-state index contributed by atoms with van der Waals surface area (Å²) in [6.07, 6.45) is 0.921. The highest BCUT2D eigenvalue weighted by Gasteiger charge is 2.49. The van der Waals surface area contributed by atoms with Crippen molar-refractivity contribution in [3.8, 4) is 0 Å². The van der Waals surface area contributed by atoms with Crippen molar-refractivity contribution >= 4 is 22.9 Å². The number of nitrogens with zero attached hydrogens (tertiary/aromatic N) is 2. The van der Waals surface area contributed by atoms with Gasteiger partial charge in [0.1, 0.15) is 0 Å². The van der Waals surface area contributed by atoms with Crippen molar-refractivity contribution in [2.24, 2.45) is 5.73 Å². The molecular weight excluding hydrogens is 242 g/mol. The summed E-state index contributed by atoms with van der Waals surface area (Å²) in [5.74, 6) is 0.0402. The van der Waals surface area contributed by atoms with Gasteiger partial charge < -0.3 is 15.7 Å². The van der Waals surface area contributed by atoms with Gasteiger partial charge in [0.25, 0.3) is 11.1 Å². The van der Waals surface area contributed by atoms with Gasteiger partial charge in [0, 0.05) is 39.4 Å². The van der Waals surface area contributed by atoms with E-state index in [4.69, 9.17) is 5.73 Å². The number of nitrogens with two attached hydrogens (primary N) is 1. The van der Waals surface area contributed by atoms with Crippen LogP contribution in [-0.4, -0.2) is 64.7 Å². The zero-order valence-electron chi connectivity index (χ0n) is 10.2. The van der Waals surface area contributed by atoms with Crippen LogP contribution in [0.5, 0.6) is 0 Å². The van der Waals surface area contributed by atoms with E-state index in [0.717, 1.165) is 11.8 Å². The van der Waals surface area contributed by atoms with Crippen LogP contribution in [0.2, 0.25) is 0 Å². The maximum atomic E-state index is 11.9. The minimum atomic E-state index is -1.68. The number of likely N-dealkylation sites (tertiary alicyclic amines) is 1. The zero-order valence-corrected chi connectivity index (χ0v) is 11.0. The molecule has 3 N–H and O–H groups in total. The molecule has 0 radical (unpaired) electrons. The van der Waals surface area contributed by atoms with Gasteiger partial charge in [-0.05, 0) is 6.42 Å². The Morgan fingerprint density at radius 2 is 2.18 bits per heavy atom. The monoisotopic (exact) mass is 261 g/mol. The van der Waals surface area contributed by atoms with Gasteiger partial charge in [-0.2, -0.15) is 0 Å². The fourth-order valence-corrected chi connectivity index (χ4v) is 2.54. The second kappa shape index (κ2) is 5.70. The van der Waals surface area contributed by atoms with Crippen molar-refractivity contribution in [2.75, 3.05) is 32.9 Å². The summed E-state index contributed by atoms with van der Waals surface area (Å²) in [5, 5.41) is 10.0. The number of hydrogen-bond acceptors (Lipinski definition) is 5. The van der Waals surface area contributed by atoms with Crippen LogP contribution in [0.4, 0.5) is 4.79 Å². The molecule has 0 spiro atoms. The summed E-state index contributed by atoms with van der Waals surface area (Å²) in [4.78, 5) is 26.3. The smallest absolute Gasteiger partial charge is 0.284 e. The third kappa shape index (κ3) is 2.91. The van der Waals surface area contributed by atoms with Crippen LogP contribution in [0.3, 0.4) is 0 Å². The van der Waals surface area contributed by atoms with Crippen LogP contribution >= 0.6 is 11.8 Å². The molecule has 0 aromatic carbocycles. The van der Waals surface area contributed by atoms with E-state index in [-0.39, 0.29) is 5.24 Å². The average Bonchev–Trinajstić information content (AvgIpc) is 2.68. The van der Waals surface area contributed by atoms with E-state index in [0.29, 0.717) is 31.7 Å². The summed E-state index contributed by atoms with van der Waals surface area (Å²) in [7, 11) is 3.13. The molecule has 7 heteroatoms. The number of amides is 2. The maximum absolute atomic E-state index is 11.9. The molecule has 0 aromatic heterocycles. The molecule has 1 atom stereocenters. The van der Waals surface area contributed by atoms with Crippen LogP contribution in [0.25, 0.3) is 0 Å². The van der Waals surface area contributed by atoms with Crippen LogP contribution in [0.1, 0.15) is 12.8 Å². The standard InChI is InChI=1S/C10H19N3O3S/c1-12(2)8(14)10(16)4-3-6-13(10)9(15)17-7-5-11/h16H,3-7,11H2,1-2H3. The lowest BCUT2D eigenvalue weighted by Crippen LogP contribution is -2.56. The summed E-state index contributed by atoms with van der Waals surface area (Å²) in [5.41, 5.74) is 3.64. The summed E-state index contributed by atoms with van der Waals surface area (Å²) in [6.45, 7) is 0.802. The summed E-state index contributed by atoms with van der Waals surface area (Å²) < 4.78 is 0. The van der Waals surface area contributed by atoms with Gasteiger partial charge >= 0.3 is 0 Å². The van der Waals surface area contributed by atoms with Gasteiger partial charge in [-0.25, -0.2) is 0 Å². The van der Waals surface area contributed by atoms with Gasteiger partial charge in [0.2, 0.25) is 5.72 Å². The van der Waals surface area contributed by atoms with Crippen LogP contribution in [0.15, 0.2) is 0 Å². The van der Waals surface area contributed by atoms with E-state index in [1.807, 2.05) is 0 Å². The van der Waals surface area contributed by atoms with Crippen LogP contribution < -0.4 is 5.73 Å². The maximum Gasteiger partial charge on any atom is 0.284 e. The molecule has 0 saturated carbocycles. The second-order valence-electron chi connectivity index (χ2n) is 4.17. The molecule has 1 aliphatic heterocycles. The molecule has 6 nitrogen and oxygen atoms in total. The lowest BCUT2D eigenvalue weighted by molar-refractivity contribution is -0.160. The molecule has 1 saturated heterocycles. The Labute approximate surface area is 105 Å². The largest absolute Gasteiger partial charge is 0.363 e. The lowest BCUT2D eigenvalue weighted by atomic mass is 10.1. The topological polar surface area (TPSA) is 86.9 Å². The third-order valence-electron chi connectivity index (χ3n) is 2.67. The molecule has 1 unspecified atom stereocenters. The predicted molar refractivity (Wildman–Crippen MR) is 66.5 cm³/mol. The number of thioether (sulfide) groups is 1. The van der Waals surface area contributed by atoms with Crippen molar-refractivity contribution < 1.29 is 14.7 Å². The highest BCUT2D eigenvalue weighted by Crippen LogP contribution is 2.31. The minimum Gasteiger partial charge on any atom is -0.363 e. The Morgan fingerprint density at radius 1 is 1.53 bits per heavy atom. The van der Waals surface area contributed by atoms with Crippen molar-refractivity contribution in [1.29, 1.82) is 0 Å². The highest BCUT2D eigenvalue weighted by molar-refractivity contribution is 8.13. The predicted octanol–water partition coefficient (Wildman–Crippen LogP) is -0.329. The first kappa shape index (κ1) is 14.3. The molecule has 1 heterocycles. The van der Waals surface area contributed by atoms with Gasteiger partial charge in [-0.15, -0.1) is 0 Å². The molecule has 0 aliphatic carbocycles. The Kier molecular flexibility index (Phi) is 4.79. The number of rotatable bonds is 3. The number of carbonyl (C=O) groups is 2. The number of hydrogen-bond donors (Lipinski definition) is 2. The zero-order chi connectivity index (χ0) is 13.1. The van der Waals surface area contributed by atoms with Crippen LogP contribution in [-0.2, 0) is 4.79 Å². The Hall–Kier alpha value is -0.790. The molecule has 98 valence electrons. The van der Waals surface area contributed by atoms with Crippen LogP contribution in [0, 0.1) is 0 Å². The first-order chi connectivity index (χ1) is 7.93. The van der Waals surface area contributed by atoms with Gasteiger partial charge in [0.05, 0.1) is 0 Å². The second-order valence-corrected chi connectivity index (χ2v) is 5.22. The van der Waals surface area contributed by atoms with Crippen molar-refractivity contribution in [1.82, 2.24) is 9.80 Å². The van der Waals surface area contributed by atoms with E-state index >= 15 is 0 Å². The first-order valence-electron chi connectivity index (χ1n) is 5.52. The van der Waals surface area contributed by atoms with E-state index < -0.39 is 11.6 Å². The SMILES string of the molecule is CN(C)C(=O)C1(O)CCCN1C(=O)SCCN. The molecule has 0 aromatic rings. The van der Waals surface area contributed by atoms with Gasteiger partial charge in [-0.1, -0.05) is 11.8 Å².